The highest BCUT2D eigenvalue weighted by atomic mass is 32.2. The molecule has 0 atom stereocenters. The number of sulfonamides is 1. The molecule has 0 bridgehead atoms. The zero-order chi connectivity index (χ0) is 14.7. The maximum atomic E-state index is 12.2. The first-order valence-electron chi connectivity index (χ1n) is 5.73. The Kier molecular flexibility index (Phi) is 4.63. The van der Waals surface area contributed by atoms with E-state index in [0.717, 1.165) is 0 Å². The summed E-state index contributed by atoms with van der Waals surface area (Å²) >= 11 is 0. The van der Waals surface area contributed by atoms with E-state index in [2.05, 4.69) is 9.71 Å². The van der Waals surface area contributed by atoms with Gasteiger partial charge in [0.15, 0.2) is 5.69 Å². The second-order valence-corrected chi connectivity index (χ2v) is 6.73. The fourth-order valence-corrected chi connectivity index (χ4v) is 2.51. The average Bonchev–Trinajstić information content (AvgIpc) is 2.36. The lowest BCUT2D eigenvalue weighted by molar-refractivity contribution is 0.199. The van der Waals surface area contributed by atoms with E-state index in [1.54, 1.807) is 6.07 Å². The van der Waals surface area contributed by atoms with Crippen molar-refractivity contribution in [1.82, 2.24) is 14.6 Å². The van der Waals surface area contributed by atoms with Crippen LogP contribution < -0.4 is 4.72 Å². The molecule has 0 saturated carbocycles. The lowest BCUT2D eigenvalue weighted by atomic mass is 10.1. The number of rotatable bonds is 5. The fraction of sp³-hybridized carbons (Fsp3) is 0.500. The van der Waals surface area contributed by atoms with E-state index in [-0.39, 0.29) is 22.7 Å². The van der Waals surface area contributed by atoms with Gasteiger partial charge in [0.25, 0.3) is 0 Å². The van der Waals surface area contributed by atoms with Gasteiger partial charge in [0, 0.05) is 18.3 Å². The molecule has 7 heteroatoms. The van der Waals surface area contributed by atoms with E-state index in [0.29, 0.717) is 0 Å². The Morgan fingerprint density at radius 3 is 2.63 bits per heavy atom. The molecule has 0 spiro atoms. The second kappa shape index (κ2) is 5.65. The van der Waals surface area contributed by atoms with Crippen LogP contribution in [0.2, 0.25) is 0 Å². The number of nitrogens with zero attached hydrogens (tertiary/aromatic N) is 3. The molecule has 0 unspecified atom stereocenters. The zero-order valence-corrected chi connectivity index (χ0v) is 12.3. The Bertz CT molecular complexity index is 588. The number of nitrogens with one attached hydrogen (secondary N) is 1. The summed E-state index contributed by atoms with van der Waals surface area (Å²) < 4.78 is 26.8. The molecule has 1 heterocycles. The van der Waals surface area contributed by atoms with Gasteiger partial charge < -0.3 is 4.90 Å². The molecule has 1 rings (SSSR count). The molecule has 6 nitrogen and oxygen atoms in total. The Morgan fingerprint density at radius 1 is 1.47 bits per heavy atom. The van der Waals surface area contributed by atoms with Gasteiger partial charge in [0.2, 0.25) is 10.0 Å². The van der Waals surface area contributed by atoms with Crippen molar-refractivity contribution in [2.75, 3.05) is 20.6 Å². The minimum absolute atomic E-state index is 0.0907. The van der Waals surface area contributed by atoms with E-state index in [9.17, 15) is 8.42 Å². The first-order valence-corrected chi connectivity index (χ1v) is 7.21. The minimum Gasteiger partial charge on any atom is -0.303 e. The summed E-state index contributed by atoms with van der Waals surface area (Å²) in [7, 11) is 0.0168. The fourth-order valence-electron chi connectivity index (χ4n) is 1.20. The third-order valence-corrected chi connectivity index (χ3v) is 4.50. The zero-order valence-electron chi connectivity index (χ0n) is 11.5. The van der Waals surface area contributed by atoms with Gasteiger partial charge in [-0.2, -0.15) is 5.26 Å². The molecule has 1 aromatic heterocycles. The van der Waals surface area contributed by atoms with Gasteiger partial charge >= 0.3 is 0 Å². The van der Waals surface area contributed by atoms with Crippen molar-refractivity contribution < 1.29 is 8.42 Å². The lowest BCUT2D eigenvalue weighted by Gasteiger charge is -2.32. The van der Waals surface area contributed by atoms with Crippen LogP contribution in [0, 0.1) is 11.3 Å². The first-order chi connectivity index (χ1) is 8.70. The van der Waals surface area contributed by atoms with Crippen LogP contribution in [0.15, 0.2) is 23.2 Å². The van der Waals surface area contributed by atoms with Crippen molar-refractivity contribution in [3.8, 4) is 6.07 Å². The molecule has 1 N–H and O–H groups in total. The largest absolute Gasteiger partial charge is 0.303 e. The number of hydrogen-bond donors (Lipinski definition) is 1. The molecule has 0 radical (unpaired) electrons. The lowest BCUT2D eigenvalue weighted by Crippen LogP contribution is -2.48. The molecule has 0 aliphatic heterocycles. The summed E-state index contributed by atoms with van der Waals surface area (Å²) in [6, 6.07) is 4.65. The minimum atomic E-state index is -3.73. The summed E-state index contributed by atoms with van der Waals surface area (Å²) in [6.07, 6.45) is 1.39. The quantitative estimate of drug-likeness (QED) is 0.853. The number of pyridine rings is 1. The number of aromatic nitrogens is 1. The van der Waals surface area contributed by atoms with Gasteiger partial charge in [-0.05, 0) is 40.1 Å². The van der Waals surface area contributed by atoms with Crippen molar-refractivity contribution in [2.45, 2.75) is 24.3 Å². The third-order valence-electron chi connectivity index (χ3n) is 3.07. The van der Waals surface area contributed by atoms with Crippen molar-refractivity contribution >= 4 is 10.0 Å². The van der Waals surface area contributed by atoms with Crippen LogP contribution in [-0.4, -0.2) is 44.5 Å². The molecule has 0 fully saturated rings. The summed E-state index contributed by atoms with van der Waals surface area (Å²) in [5, 5.41) is 8.89. The van der Waals surface area contributed by atoms with Crippen LogP contribution >= 0.6 is 0 Å². The topological polar surface area (TPSA) is 86.1 Å². The molecule has 19 heavy (non-hydrogen) atoms. The van der Waals surface area contributed by atoms with E-state index in [1.165, 1.54) is 18.3 Å². The van der Waals surface area contributed by atoms with Crippen LogP contribution in [0.4, 0.5) is 0 Å². The van der Waals surface area contributed by atoms with Crippen LogP contribution in [0.3, 0.4) is 0 Å². The Morgan fingerprint density at radius 2 is 2.11 bits per heavy atom. The maximum absolute atomic E-state index is 12.2. The summed E-state index contributed by atoms with van der Waals surface area (Å²) in [4.78, 5) is 5.58. The molecule has 0 saturated heterocycles. The highest BCUT2D eigenvalue weighted by Crippen LogP contribution is 2.14. The van der Waals surface area contributed by atoms with Crippen molar-refractivity contribution in [2.24, 2.45) is 0 Å². The predicted octanol–water partition coefficient (Wildman–Crippen LogP) is 0.572. The van der Waals surface area contributed by atoms with Crippen LogP contribution in [-0.2, 0) is 10.0 Å². The Balaban J connectivity index is 2.98. The van der Waals surface area contributed by atoms with E-state index < -0.39 is 10.0 Å². The van der Waals surface area contributed by atoms with Crippen LogP contribution in [0.25, 0.3) is 0 Å². The van der Waals surface area contributed by atoms with E-state index in [4.69, 9.17) is 5.26 Å². The molecule has 1 aromatic rings. The van der Waals surface area contributed by atoms with Gasteiger partial charge in [-0.15, -0.1) is 0 Å². The first kappa shape index (κ1) is 15.6. The number of nitriles is 1. The van der Waals surface area contributed by atoms with Crippen LogP contribution in [0.1, 0.15) is 19.5 Å². The molecule has 0 aliphatic carbocycles. The number of likely N-dealkylation sites (N-methyl/N-ethyl adjacent to an activating group) is 1. The van der Waals surface area contributed by atoms with Crippen LogP contribution in [0.5, 0.6) is 0 Å². The molecule has 0 amide bonds. The number of hydrogen-bond acceptors (Lipinski definition) is 5. The molecule has 0 aliphatic rings. The Labute approximate surface area is 114 Å². The van der Waals surface area contributed by atoms with Crippen molar-refractivity contribution in [1.29, 1.82) is 5.26 Å². The van der Waals surface area contributed by atoms with Crippen molar-refractivity contribution in [3.05, 3.63) is 24.0 Å². The normalized spacial score (nSPS) is 12.4. The SMILES string of the molecule is CN(C)C(C)(C)CNS(=O)(=O)c1cccnc1C#N. The van der Waals surface area contributed by atoms with Gasteiger partial charge in [0.1, 0.15) is 11.0 Å². The van der Waals surface area contributed by atoms with E-state index >= 15 is 0 Å². The van der Waals surface area contributed by atoms with Gasteiger partial charge in [-0.25, -0.2) is 18.1 Å². The molecule has 104 valence electrons. The summed E-state index contributed by atoms with van der Waals surface area (Å²) in [6.45, 7) is 4.08. The smallest absolute Gasteiger partial charge is 0.243 e. The molecular formula is C12H18N4O2S. The monoisotopic (exact) mass is 282 g/mol. The van der Waals surface area contributed by atoms with Gasteiger partial charge in [-0.1, -0.05) is 0 Å². The second-order valence-electron chi connectivity index (χ2n) is 4.99. The van der Waals surface area contributed by atoms with Gasteiger partial charge in [0.05, 0.1) is 0 Å². The third kappa shape index (κ3) is 3.73. The average molecular weight is 282 g/mol. The van der Waals surface area contributed by atoms with Gasteiger partial charge in [-0.3, -0.25) is 0 Å². The summed E-state index contributed by atoms with van der Waals surface area (Å²) in [5.41, 5.74) is -0.431. The van der Waals surface area contributed by atoms with Crippen molar-refractivity contribution in [3.63, 3.8) is 0 Å². The predicted molar refractivity (Wildman–Crippen MR) is 71.9 cm³/mol. The highest BCUT2D eigenvalue weighted by molar-refractivity contribution is 7.89. The summed E-state index contributed by atoms with van der Waals surface area (Å²) in [5.74, 6) is 0. The maximum Gasteiger partial charge on any atom is 0.243 e. The highest BCUT2D eigenvalue weighted by Gasteiger charge is 2.25. The Hall–Kier alpha value is -1.49. The molecular weight excluding hydrogens is 264 g/mol. The van der Waals surface area contributed by atoms with E-state index in [1.807, 2.05) is 32.8 Å². The molecule has 0 aromatic carbocycles. The standard InChI is InChI=1S/C12H18N4O2S/c1-12(2,16(3)4)9-15-19(17,18)11-6-5-7-14-10(11)8-13/h5-7,15H,9H2,1-4H3.